The van der Waals surface area contributed by atoms with Gasteiger partial charge in [0.05, 0.1) is 5.75 Å². The van der Waals surface area contributed by atoms with Crippen LogP contribution in [0.1, 0.15) is 44.1 Å². The Hall–Kier alpha value is -1.48. The molecule has 0 unspecified atom stereocenters. The van der Waals surface area contributed by atoms with Gasteiger partial charge in [0, 0.05) is 18.5 Å². The number of hydrogen-bond acceptors (Lipinski definition) is 5. The van der Waals surface area contributed by atoms with Gasteiger partial charge in [-0.3, -0.25) is 9.89 Å². The van der Waals surface area contributed by atoms with Gasteiger partial charge >= 0.3 is 0 Å². The van der Waals surface area contributed by atoms with E-state index in [2.05, 4.69) is 25.2 Å². The molecule has 0 atom stereocenters. The van der Waals surface area contributed by atoms with Crippen molar-refractivity contribution in [2.45, 2.75) is 33.1 Å². The molecule has 1 rings (SSSR count). The van der Waals surface area contributed by atoms with E-state index in [1.54, 1.807) is 6.92 Å². The van der Waals surface area contributed by atoms with E-state index in [0.717, 1.165) is 0 Å². The zero-order valence-corrected chi connectivity index (χ0v) is 13.0. The van der Waals surface area contributed by atoms with Crippen molar-refractivity contribution in [1.82, 2.24) is 25.2 Å². The summed E-state index contributed by atoms with van der Waals surface area (Å²) in [6, 6.07) is 0. The Morgan fingerprint density at radius 1 is 1.35 bits per heavy atom. The fourth-order valence-electron chi connectivity index (χ4n) is 1.37. The molecule has 3 N–H and O–H groups in total. The second kappa shape index (κ2) is 6.31. The third-order valence-electron chi connectivity index (χ3n) is 2.42. The van der Waals surface area contributed by atoms with Crippen LogP contribution in [-0.2, 0) is 15.4 Å². The molecular formula is C11H21N5O3S. The molecule has 1 aromatic heterocycles. The van der Waals surface area contributed by atoms with Gasteiger partial charge in [0.15, 0.2) is 0 Å². The Labute approximate surface area is 118 Å². The lowest BCUT2D eigenvalue weighted by atomic mass is 9.96. The van der Waals surface area contributed by atoms with Gasteiger partial charge in [-0.05, 0) is 0 Å². The summed E-state index contributed by atoms with van der Waals surface area (Å²) >= 11 is 0. The zero-order valence-electron chi connectivity index (χ0n) is 12.1. The molecule has 0 aliphatic carbocycles. The maximum Gasteiger partial charge on any atom is 0.290 e. The van der Waals surface area contributed by atoms with Gasteiger partial charge in [0.2, 0.25) is 15.8 Å². The Morgan fingerprint density at radius 2 is 2.00 bits per heavy atom. The number of aromatic nitrogens is 3. The van der Waals surface area contributed by atoms with Crippen molar-refractivity contribution in [3.8, 4) is 0 Å². The van der Waals surface area contributed by atoms with E-state index in [9.17, 15) is 13.2 Å². The lowest BCUT2D eigenvalue weighted by molar-refractivity contribution is 0.0946. The van der Waals surface area contributed by atoms with Crippen LogP contribution in [0.2, 0.25) is 0 Å². The number of rotatable bonds is 6. The smallest absolute Gasteiger partial charge is 0.290 e. The first-order valence-corrected chi connectivity index (χ1v) is 7.99. The van der Waals surface area contributed by atoms with Crippen LogP contribution in [-0.4, -0.2) is 48.3 Å². The summed E-state index contributed by atoms with van der Waals surface area (Å²) in [6.07, 6.45) is 0. The van der Waals surface area contributed by atoms with Crippen LogP contribution in [0.3, 0.4) is 0 Å². The Kier molecular flexibility index (Phi) is 5.23. The summed E-state index contributed by atoms with van der Waals surface area (Å²) in [7, 11) is -3.34. The molecule has 20 heavy (non-hydrogen) atoms. The fourth-order valence-corrected chi connectivity index (χ4v) is 2.32. The molecule has 0 radical (unpaired) electrons. The van der Waals surface area contributed by atoms with Crippen molar-refractivity contribution in [3.63, 3.8) is 0 Å². The summed E-state index contributed by atoms with van der Waals surface area (Å²) in [5.74, 6) is -0.0644. The molecule has 0 spiro atoms. The topological polar surface area (TPSA) is 117 Å². The van der Waals surface area contributed by atoms with Crippen LogP contribution in [0.25, 0.3) is 0 Å². The van der Waals surface area contributed by atoms with E-state index in [-0.39, 0.29) is 23.5 Å². The molecule has 1 heterocycles. The largest absolute Gasteiger partial charge is 0.348 e. The van der Waals surface area contributed by atoms with Crippen molar-refractivity contribution in [2.24, 2.45) is 0 Å². The second-order valence-corrected chi connectivity index (χ2v) is 7.26. The van der Waals surface area contributed by atoms with Crippen molar-refractivity contribution < 1.29 is 13.2 Å². The van der Waals surface area contributed by atoms with Crippen molar-refractivity contribution in [3.05, 3.63) is 11.6 Å². The summed E-state index contributed by atoms with van der Waals surface area (Å²) in [5, 5.41) is 9.00. The highest BCUT2D eigenvalue weighted by atomic mass is 32.2. The molecule has 0 saturated heterocycles. The van der Waals surface area contributed by atoms with Crippen LogP contribution < -0.4 is 10.0 Å². The van der Waals surface area contributed by atoms with Crippen molar-refractivity contribution in [1.29, 1.82) is 0 Å². The maximum absolute atomic E-state index is 11.8. The lowest BCUT2D eigenvalue weighted by Gasteiger charge is -2.12. The molecule has 8 nitrogen and oxygen atoms in total. The van der Waals surface area contributed by atoms with Crippen molar-refractivity contribution >= 4 is 15.9 Å². The summed E-state index contributed by atoms with van der Waals surface area (Å²) < 4.78 is 25.1. The minimum Gasteiger partial charge on any atom is -0.348 e. The minimum atomic E-state index is -3.34. The van der Waals surface area contributed by atoms with Crippen molar-refractivity contribution in [2.75, 3.05) is 18.8 Å². The molecule has 9 heteroatoms. The quantitative estimate of drug-likeness (QED) is 0.671. The highest BCUT2D eigenvalue weighted by Gasteiger charge is 2.21. The highest BCUT2D eigenvalue weighted by Crippen LogP contribution is 2.17. The van der Waals surface area contributed by atoms with Gasteiger partial charge in [-0.1, -0.05) is 27.7 Å². The Balaban J connectivity index is 2.54. The summed E-state index contributed by atoms with van der Waals surface area (Å²) in [4.78, 5) is 15.8. The summed E-state index contributed by atoms with van der Waals surface area (Å²) in [6.45, 7) is 7.85. The molecule has 0 fully saturated rings. The predicted octanol–water partition coefficient (Wildman–Crippen LogP) is -0.229. The molecule has 1 aromatic rings. The highest BCUT2D eigenvalue weighted by molar-refractivity contribution is 7.89. The first-order chi connectivity index (χ1) is 9.15. The van der Waals surface area contributed by atoms with E-state index in [4.69, 9.17) is 0 Å². The third-order valence-corrected chi connectivity index (χ3v) is 3.89. The molecule has 0 aliphatic heterocycles. The van der Waals surface area contributed by atoms with Gasteiger partial charge in [-0.25, -0.2) is 18.1 Å². The zero-order chi connectivity index (χ0) is 15.4. The minimum absolute atomic E-state index is 0.00750. The number of amides is 1. The van der Waals surface area contributed by atoms with Crippen LogP contribution in [0.5, 0.6) is 0 Å². The Morgan fingerprint density at radius 3 is 2.50 bits per heavy atom. The molecule has 0 bridgehead atoms. The van der Waals surface area contributed by atoms with Crippen LogP contribution in [0.15, 0.2) is 0 Å². The SMILES string of the molecule is CCNS(=O)(=O)CCNC(=O)c1n[nH]c(C(C)(C)C)n1. The number of sulfonamides is 1. The van der Waals surface area contributed by atoms with Gasteiger partial charge in [0.1, 0.15) is 5.82 Å². The first-order valence-electron chi connectivity index (χ1n) is 6.34. The molecule has 1 amide bonds. The van der Waals surface area contributed by atoms with Gasteiger partial charge in [0.25, 0.3) is 5.91 Å². The van der Waals surface area contributed by atoms with E-state index >= 15 is 0 Å². The van der Waals surface area contributed by atoms with Crippen LogP contribution >= 0.6 is 0 Å². The number of nitrogens with zero attached hydrogens (tertiary/aromatic N) is 2. The van der Waals surface area contributed by atoms with Gasteiger partial charge < -0.3 is 5.32 Å². The normalized spacial score (nSPS) is 12.4. The fraction of sp³-hybridized carbons (Fsp3) is 0.727. The van der Waals surface area contributed by atoms with E-state index in [1.165, 1.54) is 0 Å². The van der Waals surface area contributed by atoms with Crippen LogP contribution in [0.4, 0.5) is 0 Å². The van der Waals surface area contributed by atoms with Crippen LogP contribution in [0, 0.1) is 0 Å². The average molecular weight is 303 g/mol. The molecular weight excluding hydrogens is 282 g/mol. The lowest BCUT2D eigenvalue weighted by Crippen LogP contribution is -2.34. The first kappa shape index (κ1) is 16.6. The predicted molar refractivity (Wildman–Crippen MR) is 74.9 cm³/mol. The number of hydrogen-bond donors (Lipinski definition) is 3. The molecule has 0 aliphatic rings. The standard InChI is InChI=1S/C11H21N5O3S/c1-5-13-20(18,19)7-6-12-9(17)8-14-10(16-15-8)11(2,3)4/h13H,5-7H2,1-4H3,(H,12,17)(H,14,15,16). The Bertz CT molecular complexity index is 559. The number of H-pyrrole nitrogens is 1. The molecule has 0 aromatic carbocycles. The number of nitrogens with one attached hydrogen (secondary N) is 3. The number of carbonyl (C=O) groups is 1. The van der Waals surface area contributed by atoms with E-state index < -0.39 is 15.9 Å². The maximum atomic E-state index is 11.8. The molecule has 114 valence electrons. The van der Waals surface area contributed by atoms with Gasteiger partial charge in [-0.15, -0.1) is 5.10 Å². The molecule has 0 saturated carbocycles. The van der Waals surface area contributed by atoms with Gasteiger partial charge in [-0.2, -0.15) is 0 Å². The average Bonchev–Trinajstić information content (AvgIpc) is 2.77. The number of carbonyl (C=O) groups excluding carboxylic acids is 1. The summed E-state index contributed by atoms with van der Waals surface area (Å²) in [5.41, 5.74) is -0.236. The third kappa shape index (κ3) is 4.89. The van der Waals surface area contributed by atoms with E-state index in [0.29, 0.717) is 12.4 Å². The second-order valence-electron chi connectivity index (χ2n) is 5.33. The number of aromatic amines is 1. The van der Waals surface area contributed by atoms with E-state index in [1.807, 2.05) is 20.8 Å². The monoisotopic (exact) mass is 303 g/mol.